The molecule has 1 rings (SSSR count). The summed E-state index contributed by atoms with van der Waals surface area (Å²) in [6.45, 7) is 12.2. The van der Waals surface area contributed by atoms with E-state index in [1.165, 1.54) is 6.07 Å². The Morgan fingerprint density at radius 1 is 1.47 bits per heavy atom. The van der Waals surface area contributed by atoms with Gasteiger partial charge in [0, 0.05) is 0 Å². The number of hydrogen-bond donors (Lipinski definition) is 1. The summed E-state index contributed by atoms with van der Waals surface area (Å²) in [7, 11) is 0. The largest absolute Gasteiger partial charge is 0.442 e. The molecule has 5 nitrogen and oxygen atoms in total. The number of benzene rings is 1. The number of carbonyl (C=O) groups excluding carboxylic acids is 1. The molecule has 0 saturated heterocycles. The Balaban J connectivity index is 2.86. The van der Waals surface area contributed by atoms with E-state index in [0.717, 1.165) is 5.01 Å². The zero-order valence-corrected chi connectivity index (χ0v) is 10.1. The quantitative estimate of drug-likeness (QED) is 0.351. The standard InChI is InChI=1S/C12H15N3O2/c1-12(2,3)17-11(16)15(13)10-7-5-6-9(8-10)14-4/h5-8H,13H2,1-3H3. The highest BCUT2D eigenvalue weighted by atomic mass is 16.6. The normalized spacial score (nSPS) is 10.5. The highest BCUT2D eigenvalue weighted by molar-refractivity contribution is 5.87. The lowest BCUT2D eigenvalue weighted by atomic mass is 10.2. The third-order valence-corrected chi connectivity index (χ3v) is 1.83. The first-order valence-corrected chi connectivity index (χ1v) is 5.09. The molecule has 0 fully saturated rings. The molecule has 0 radical (unpaired) electrons. The monoisotopic (exact) mass is 233 g/mol. The van der Waals surface area contributed by atoms with Crippen LogP contribution >= 0.6 is 0 Å². The summed E-state index contributed by atoms with van der Waals surface area (Å²) in [4.78, 5) is 14.9. The number of nitrogens with zero attached hydrogens (tertiary/aromatic N) is 2. The van der Waals surface area contributed by atoms with Crippen LogP contribution in [0, 0.1) is 6.57 Å². The van der Waals surface area contributed by atoms with Gasteiger partial charge in [0.1, 0.15) is 5.60 Å². The van der Waals surface area contributed by atoms with Crippen LogP contribution in [0.1, 0.15) is 20.8 Å². The maximum atomic E-state index is 11.7. The number of hydrazine groups is 1. The molecule has 1 amide bonds. The first-order chi connectivity index (χ1) is 7.83. The number of ether oxygens (including phenoxy) is 1. The van der Waals surface area contributed by atoms with Gasteiger partial charge in [-0.2, -0.15) is 0 Å². The fourth-order valence-corrected chi connectivity index (χ4v) is 1.13. The van der Waals surface area contributed by atoms with E-state index < -0.39 is 11.7 Å². The SMILES string of the molecule is [C-]#[N+]c1cccc(N(N)C(=O)OC(C)(C)C)c1. The van der Waals surface area contributed by atoms with Crippen LogP contribution in [0.3, 0.4) is 0 Å². The molecule has 5 heteroatoms. The minimum atomic E-state index is -0.653. The van der Waals surface area contributed by atoms with E-state index in [-0.39, 0.29) is 0 Å². The third kappa shape index (κ3) is 3.78. The first kappa shape index (κ1) is 13.0. The molecule has 0 aliphatic heterocycles. The molecular weight excluding hydrogens is 218 g/mol. The molecule has 17 heavy (non-hydrogen) atoms. The summed E-state index contributed by atoms with van der Waals surface area (Å²) in [5.41, 5.74) is 0.237. The average Bonchev–Trinajstić information content (AvgIpc) is 2.26. The van der Waals surface area contributed by atoms with E-state index in [9.17, 15) is 4.79 Å². The minimum absolute atomic E-state index is 0.418. The highest BCUT2D eigenvalue weighted by Gasteiger charge is 2.21. The van der Waals surface area contributed by atoms with Gasteiger partial charge in [0.2, 0.25) is 0 Å². The number of carbonyl (C=O) groups is 1. The zero-order chi connectivity index (χ0) is 13.1. The smallest absolute Gasteiger partial charge is 0.429 e. The van der Waals surface area contributed by atoms with Crippen molar-refractivity contribution < 1.29 is 9.53 Å². The van der Waals surface area contributed by atoms with Crippen LogP contribution in [-0.4, -0.2) is 11.7 Å². The van der Waals surface area contributed by atoms with E-state index in [1.54, 1.807) is 39.0 Å². The van der Waals surface area contributed by atoms with Gasteiger partial charge in [0.15, 0.2) is 5.69 Å². The van der Waals surface area contributed by atoms with Gasteiger partial charge in [-0.3, -0.25) is 0 Å². The predicted octanol–water partition coefficient (Wildman–Crippen LogP) is 2.85. The second kappa shape index (κ2) is 4.85. The molecule has 0 aromatic heterocycles. The Morgan fingerprint density at radius 2 is 2.12 bits per heavy atom. The van der Waals surface area contributed by atoms with Crippen molar-refractivity contribution in [2.24, 2.45) is 5.84 Å². The highest BCUT2D eigenvalue weighted by Crippen LogP contribution is 2.21. The summed E-state index contributed by atoms with van der Waals surface area (Å²) < 4.78 is 5.11. The summed E-state index contributed by atoms with van der Waals surface area (Å²) in [6, 6.07) is 6.46. The van der Waals surface area contributed by atoms with Crippen molar-refractivity contribution in [3.8, 4) is 0 Å². The van der Waals surface area contributed by atoms with Crippen molar-refractivity contribution in [3.63, 3.8) is 0 Å². The molecule has 0 saturated carbocycles. The van der Waals surface area contributed by atoms with Gasteiger partial charge in [-0.05, 0) is 32.9 Å². The molecule has 0 aliphatic carbocycles. The van der Waals surface area contributed by atoms with E-state index >= 15 is 0 Å². The molecule has 1 aromatic rings. The van der Waals surface area contributed by atoms with E-state index in [0.29, 0.717) is 11.4 Å². The van der Waals surface area contributed by atoms with Gasteiger partial charge in [0.25, 0.3) is 0 Å². The second-order valence-corrected chi connectivity index (χ2v) is 4.48. The average molecular weight is 233 g/mol. The van der Waals surface area contributed by atoms with Crippen molar-refractivity contribution in [3.05, 3.63) is 35.7 Å². The lowest BCUT2D eigenvalue weighted by Gasteiger charge is -2.24. The van der Waals surface area contributed by atoms with Crippen molar-refractivity contribution >= 4 is 17.5 Å². The molecule has 0 aliphatic rings. The molecule has 0 atom stereocenters. The molecule has 0 unspecified atom stereocenters. The lowest BCUT2D eigenvalue weighted by molar-refractivity contribution is 0.0580. The molecule has 0 bridgehead atoms. The van der Waals surface area contributed by atoms with Gasteiger partial charge in [-0.1, -0.05) is 12.1 Å². The molecule has 0 spiro atoms. The van der Waals surface area contributed by atoms with Crippen molar-refractivity contribution in [2.75, 3.05) is 5.01 Å². The van der Waals surface area contributed by atoms with Gasteiger partial charge in [-0.15, -0.1) is 0 Å². The number of hydrogen-bond acceptors (Lipinski definition) is 3. The first-order valence-electron chi connectivity index (χ1n) is 5.09. The van der Waals surface area contributed by atoms with Crippen molar-refractivity contribution in [1.29, 1.82) is 0 Å². The van der Waals surface area contributed by atoms with E-state index in [4.69, 9.17) is 17.2 Å². The summed E-state index contributed by atoms with van der Waals surface area (Å²) in [5.74, 6) is 5.63. The van der Waals surface area contributed by atoms with E-state index in [1.807, 2.05) is 0 Å². The van der Waals surface area contributed by atoms with Crippen LogP contribution in [-0.2, 0) is 4.74 Å². The Morgan fingerprint density at radius 3 is 2.65 bits per heavy atom. The Bertz CT molecular complexity index is 458. The molecule has 1 aromatic carbocycles. The van der Waals surface area contributed by atoms with Crippen LogP contribution in [0.2, 0.25) is 0 Å². The topological polar surface area (TPSA) is 59.9 Å². The van der Waals surface area contributed by atoms with Gasteiger partial charge in [0.05, 0.1) is 12.3 Å². The number of nitrogens with two attached hydrogens (primary N) is 1. The molecule has 0 heterocycles. The Kier molecular flexibility index (Phi) is 3.71. The zero-order valence-electron chi connectivity index (χ0n) is 10.1. The van der Waals surface area contributed by atoms with Crippen LogP contribution < -0.4 is 10.9 Å². The van der Waals surface area contributed by atoms with Crippen LogP contribution in [0.15, 0.2) is 24.3 Å². The molecule has 2 N–H and O–H groups in total. The van der Waals surface area contributed by atoms with Crippen LogP contribution in [0.5, 0.6) is 0 Å². The predicted molar refractivity (Wildman–Crippen MR) is 65.6 cm³/mol. The number of rotatable bonds is 1. The van der Waals surface area contributed by atoms with Gasteiger partial charge < -0.3 is 4.74 Å². The van der Waals surface area contributed by atoms with Crippen LogP contribution in [0.25, 0.3) is 4.85 Å². The second-order valence-electron chi connectivity index (χ2n) is 4.48. The lowest BCUT2D eigenvalue weighted by Crippen LogP contribution is -2.41. The number of anilines is 1. The molecular formula is C12H15N3O2. The fourth-order valence-electron chi connectivity index (χ4n) is 1.13. The Hall–Kier alpha value is -2.06. The van der Waals surface area contributed by atoms with Gasteiger partial charge >= 0.3 is 6.09 Å². The van der Waals surface area contributed by atoms with Crippen molar-refractivity contribution in [1.82, 2.24) is 0 Å². The minimum Gasteiger partial charge on any atom is -0.442 e. The third-order valence-electron chi connectivity index (χ3n) is 1.83. The summed E-state index contributed by atoms with van der Waals surface area (Å²) in [5, 5.41) is 0.889. The van der Waals surface area contributed by atoms with Crippen molar-refractivity contribution in [2.45, 2.75) is 26.4 Å². The van der Waals surface area contributed by atoms with Crippen LogP contribution in [0.4, 0.5) is 16.2 Å². The molecule has 90 valence electrons. The summed E-state index contributed by atoms with van der Waals surface area (Å²) in [6.07, 6.45) is -0.653. The summed E-state index contributed by atoms with van der Waals surface area (Å²) >= 11 is 0. The maximum Gasteiger partial charge on any atom is 0.429 e. The maximum absolute atomic E-state index is 11.7. The number of amides is 1. The Labute approximate surface area is 101 Å². The fraction of sp³-hybridized carbons (Fsp3) is 0.333. The van der Waals surface area contributed by atoms with Gasteiger partial charge in [-0.25, -0.2) is 20.5 Å². The van der Waals surface area contributed by atoms with E-state index in [2.05, 4.69) is 4.85 Å².